The Bertz CT molecular complexity index is 598. The monoisotopic (exact) mass is 301 g/mol. The summed E-state index contributed by atoms with van der Waals surface area (Å²) in [5.74, 6) is 1.73. The highest BCUT2D eigenvalue weighted by Gasteiger charge is 2.17. The molecular weight excluding hydrogens is 278 g/mol. The zero-order valence-electron chi connectivity index (χ0n) is 13.2. The molecule has 5 nitrogen and oxygen atoms in total. The summed E-state index contributed by atoms with van der Waals surface area (Å²) in [6, 6.07) is 8.61. The van der Waals surface area contributed by atoms with Crippen LogP contribution in [0.15, 0.2) is 36.7 Å². The molecule has 1 aliphatic heterocycles. The molecule has 1 aromatic carbocycles. The molecule has 2 atom stereocenters. The zero-order chi connectivity index (χ0) is 15.4. The molecule has 0 amide bonds. The number of nitrogens with zero attached hydrogens (tertiary/aromatic N) is 2. The van der Waals surface area contributed by atoms with Crippen molar-refractivity contribution in [2.45, 2.75) is 38.9 Å². The Kier molecular flexibility index (Phi) is 4.63. The van der Waals surface area contributed by atoms with Crippen LogP contribution in [0.3, 0.4) is 0 Å². The number of nitrogens with one attached hydrogen (secondary N) is 1. The molecular formula is C17H23N3O2. The maximum atomic E-state index is 5.86. The summed E-state index contributed by atoms with van der Waals surface area (Å²) in [5, 5.41) is 7.87. The van der Waals surface area contributed by atoms with Crippen molar-refractivity contribution in [2.75, 3.05) is 13.2 Å². The molecule has 1 aliphatic rings. The van der Waals surface area contributed by atoms with Gasteiger partial charge >= 0.3 is 0 Å². The van der Waals surface area contributed by atoms with Gasteiger partial charge in [0.2, 0.25) is 0 Å². The van der Waals surface area contributed by atoms with Gasteiger partial charge in [-0.05, 0) is 26.0 Å². The minimum Gasteiger partial charge on any atom is -0.490 e. The summed E-state index contributed by atoms with van der Waals surface area (Å²) in [6.45, 7) is 6.51. The van der Waals surface area contributed by atoms with E-state index >= 15 is 0 Å². The Balaban J connectivity index is 1.66. The fraction of sp³-hybridized carbons (Fsp3) is 0.471. The molecule has 0 saturated heterocycles. The van der Waals surface area contributed by atoms with E-state index in [1.54, 1.807) is 0 Å². The predicted molar refractivity (Wildman–Crippen MR) is 85.3 cm³/mol. The van der Waals surface area contributed by atoms with E-state index in [1.165, 1.54) is 0 Å². The molecule has 2 unspecified atom stereocenters. The van der Waals surface area contributed by atoms with Crippen molar-refractivity contribution in [2.24, 2.45) is 0 Å². The first-order valence-corrected chi connectivity index (χ1v) is 7.85. The first kappa shape index (κ1) is 14.9. The van der Waals surface area contributed by atoms with Gasteiger partial charge in [-0.1, -0.05) is 12.1 Å². The smallest absolute Gasteiger partial charge is 0.165 e. The van der Waals surface area contributed by atoms with Crippen molar-refractivity contribution < 1.29 is 9.47 Å². The molecule has 2 heterocycles. The summed E-state index contributed by atoms with van der Waals surface area (Å²) in [6.07, 6.45) is 4.73. The van der Waals surface area contributed by atoms with E-state index in [2.05, 4.69) is 30.3 Å². The third-order valence-electron chi connectivity index (χ3n) is 4.13. The fourth-order valence-electron chi connectivity index (χ4n) is 2.59. The van der Waals surface area contributed by atoms with Crippen LogP contribution in [0.4, 0.5) is 0 Å². The number of para-hydroxylation sites is 1. The zero-order valence-corrected chi connectivity index (χ0v) is 13.2. The number of fused-ring (bicyclic) bond motifs is 1. The highest BCUT2D eigenvalue weighted by atomic mass is 16.5. The van der Waals surface area contributed by atoms with Gasteiger partial charge in [-0.2, -0.15) is 5.10 Å². The van der Waals surface area contributed by atoms with Crippen LogP contribution in [0.2, 0.25) is 0 Å². The molecule has 3 rings (SSSR count). The summed E-state index contributed by atoms with van der Waals surface area (Å²) in [7, 11) is 0. The Morgan fingerprint density at radius 2 is 2.09 bits per heavy atom. The maximum Gasteiger partial charge on any atom is 0.165 e. The van der Waals surface area contributed by atoms with Gasteiger partial charge in [0.25, 0.3) is 0 Å². The average molecular weight is 301 g/mol. The van der Waals surface area contributed by atoms with Gasteiger partial charge in [0.1, 0.15) is 0 Å². The second-order valence-corrected chi connectivity index (χ2v) is 5.69. The summed E-state index contributed by atoms with van der Waals surface area (Å²) < 4.78 is 13.6. The molecule has 1 aromatic heterocycles. The van der Waals surface area contributed by atoms with E-state index in [0.29, 0.717) is 12.6 Å². The SMILES string of the molecule is CC(NCc1cccc2c1OCCCO2)C(C)n1cccn1. The first-order chi connectivity index (χ1) is 10.8. The number of aromatic nitrogens is 2. The molecule has 118 valence electrons. The van der Waals surface area contributed by atoms with Gasteiger partial charge in [0.05, 0.1) is 19.3 Å². The lowest BCUT2D eigenvalue weighted by Gasteiger charge is -2.22. The lowest BCUT2D eigenvalue weighted by Crippen LogP contribution is -2.33. The normalized spacial score (nSPS) is 16.8. The number of hydrogen-bond donors (Lipinski definition) is 1. The van der Waals surface area contributed by atoms with Gasteiger partial charge in [-0.3, -0.25) is 4.68 Å². The lowest BCUT2D eigenvalue weighted by atomic mass is 10.1. The van der Waals surface area contributed by atoms with E-state index in [-0.39, 0.29) is 6.04 Å². The molecule has 0 bridgehead atoms. The Morgan fingerprint density at radius 1 is 1.23 bits per heavy atom. The molecule has 2 aromatic rings. The van der Waals surface area contributed by atoms with Crippen molar-refractivity contribution in [3.05, 3.63) is 42.2 Å². The average Bonchev–Trinajstić information content (AvgIpc) is 2.96. The van der Waals surface area contributed by atoms with Crippen LogP contribution in [0.5, 0.6) is 11.5 Å². The quantitative estimate of drug-likeness (QED) is 0.922. The van der Waals surface area contributed by atoms with Gasteiger partial charge in [-0.15, -0.1) is 0 Å². The third kappa shape index (κ3) is 3.25. The van der Waals surface area contributed by atoms with Crippen LogP contribution in [-0.2, 0) is 6.54 Å². The molecule has 1 N–H and O–H groups in total. The molecule has 0 aliphatic carbocycles. The van der Waals surface area contributed by atoms with E-state index in [1.807, 2.05) is 35.3 Å². The predicted octanol–water partition coefficient (Wildman–Crippen LogP) is 2.78. The van der Waals surface area contributed by atoms with Gasteiger partial charge < -0.3 is 14.8 Å². The molecule has 22 heavy (non-hydrogen) atoms. The molecule has 0 fully saturated rings. The van der Waals surface area contributed by atoms with Crippen LogP contribution < -0.4 is 14.8 Å². The number of hydrogen-bond acceptors (Lipinski definition) is 4. The standard InChI is InChI=1S/C17H23N3O2/c1-13(14(2)20-9-4-8-19-20)18-12-15-6-3-7-16-17(15)22-11-5-10-21-16/h3-4,6-9,13-14,18H,5,10-12H2,1-2H3. The molecule has 5 heteroatoms. The Labute approximate surface area is 131 Å². The Morgan fingerprint density at radius 3 is 2.91 bits per heavy atom. The number of rotatable bonds is 5. The second kappa shape index (κ2) is 6.83. The molecule has 0 spiro atoms. The van der Waals surface area contributed by atoms with E-state index in [0.717, 1.165) is 36.6 Å². The fourth-order valence-corrected chi connectivity index (χ4v) is 2.59. The second-order valence-electron chi connectivity index (χ2n) is 5.69. The minimum absolute atomic E-state index is 0.287. The van der Waals surface area contributed by atoms with Crippen LogP contribution in [0.1, 0.15) is 31.9 Å². The van der Waals surface area contributed by atoms with Crippen molar-refractivity contribution in [3.63, 3.8) is 0 Å². The van der Waals surface area contributed by atoms with Gasteiger partial charge in [0, 0.05) is 37.0 Å². The number of ether oxygens (including phenoxy) is 2. The van der Waals surface area contributed by atoms with Crippen LogP contribution in [0, 0.1) is 0 Å². The lowest BCUT2D eigenvalue weighted by molar-refractivity contribution is 0.295. The summed E-state index contributed by atoms with van der Waals surface area (Å²) >= 11 is 0. The van der Waals surface area contributed by atoms with E-state index in [9.17, 15) is 0 Å². The third-order valence-corrected chi connectivity index (χ3v) is 4.13. The maximum absolute atomic E-state index is 5.86. The first-order valence-electron chi connectivity index (χ1n) is 7.85. The highest BCUT2D eigenvalue weighted by molar-refractivity contribution is 5.47. The van der Waals surface area contributed by atoms with E-state index < -0.39 is 0 Å². The topological polar surface area (TPSA) is 48.3 Å². The molecule has 0 saturated carbocycles. The van der Waals surface area contributed by atoms with Crippen LogP contribution in [0.25, 0.3) is 0 Å². The summed E-state index contributed by atoms with van der Waals surface area (Å²) in [4.78, 5) is 0. The Hall–Kier alpha value is -2.01. The molecule has 0 radical (unpaired) electrons. The van der Waals surface area contributed by atoms with Crippen LogP contribution in [-0.4, -0.2) is 29.0 Å². The minimum atomic E-state index is 0.287. The van der Waals surface area contributed by atoms with Crippen molar-refractivity contribution in [1.29, 1.82) is 0 Å². The van der Waals surface area contributed by atoms with Gasteiger partial charge in [-0.25, -0.2) is 0 Å². The largest absolute Gasteiger partial charge is 0.490 e. The highest BCUT2D eigenvalue weighted by Crippen LogP contribution is 2.33. The van der Waals surface area contributed by atoms with Crippen molar-refractivity contribution >= 4 is 0 Å². The van der Waals surface area contributed by atoms with Gasteiger partial charge in [0.15, 0.2) is 11.5 Å². The summed E-state index contributed by atoms with van der Waals surface area (Å²) in [5.41, 5.74) is 1.14. The van der Waals surface area contributed by atoms with Crippen LogP contribution >= 0.6 is 0 Å². The van der Waals surface area contributed by atoms with E-state index in [4.69, 9.17) is 9.47 Å². The number of benzene rings is 1. The van der Waals surface area contributed by atoms with Crippen molar-refractivity contribution in [3.8, 4) is 11.5 Å². The van der Waals surface area contributed by atoms with Crippen molar-refractivity contribution in [1.82, 2.24) is 15.1 Å².